The van der Waals surface area contributed by atoms with Crippen molar-refractivity contribution in [1.29, 1.82) is 0 Å². The normalized spacial score (nSPS) is 17.8. The molecule has 0 N–H and O–H groups in total. The predicted octanol–water partition coefficient (Wildman–Crippen LogP) is 2.09. The SMILES string of the molecule is Cc1nn(C)c2nc(C(C)C)cc(C(=O)N3CCN(C(=O)C4CC4)CC3)c12. The number of pyridine rings is 1. The molecule has 1 saturated heterocycles. The molecule has 1 saturated carbocycles. The fourth-order valence-electron chi connectivity index (χ4n) is 3.82. The van der Waals surface area contributed by atoms with Crippen molar-refractivity contribution in [1.82, 2.24) is 24.6 Å². The van der Waals surface area contributed by atoms with Crippen LogP contribution in [0.3, 0.4) is 0 Å². The van der Waals surface area contributed by atoms with E-state index in [0.717, 1.165) is 35.3 Å². The minimum atomic E-state index is 0.0129. The van der Waals surface area contributed by atoms with Crippen molar-refractivity contribution in [3.05, 3.63) is 23.0 Å². The Morgan fingerprint density at radius 2 is 1.74 bits per heavy atom. The molecule has 1 aliphatic heterocycles. The number of aryl methyl sites for hydroxylation is 2. The molecule has 2 aromatic heterocycles. The lowest BCUT2D eigenvalue weighted by Gasteiger charge is -2.35. The fourth-order valence-corrected chi connectivity index (χ4v) is 3.82. The summed E-state index contributed by atoms with van der Waals surface area (Å²) < 4.78 is 1.75. The molecule has 2 aromatic rings. The van der Waals surface area contributed by atoms with Crippen LogP contribution in [0.25, 0.3) is 11.0 Å². The van der Waals surface area contributed by atoms with Gasteiger partial charge in [-0.05, 0) is 31.7 Å². The summed E-state index contributed by atoms with van der Waals surface area (Å²) in [6.07, 6.45) is 2.04. The summed E-state index contributed by atoms with van der Waals surface area (Å²) in [5.74, 6) is 0.736. The molecule has 27 heavy (non-hydrogen) atoms. The second kappa shape index (κ2) is 6.62. The Bertz CT molecular complexity index is 905. The Hall–Kier alpha value is -2.44. The first-order chi connectivity index (χ1) is 12.9. The molecule has 0 unspecified atom stereocenters. The van der Waals surface area contributed by atoms with E-state index in [1.807, 2.05) is 29.8 Å². The van der Waals surface area contributed by atoms with Gasteiger partial charge < -0.3 is 9.80 Å². The molecule has 4 rings (SSSR count). The quantitative estimate of drug-likeness (QED) is 0.831. The summed E-state index contributed by atoms with van der Waals surface area (Å²) >= 11 is 0. The maximum absolute atomic E-state index is 13.3. The van der Waals surface area contributed by atoms with Crippen molar-refractivity contribution in [2.24, 2.45) is 13.0 Å². The number of carbonyl (C=O) groups is 2. The number of nitrogens with zero attached hydrogens (tertiary/aromatic N) is 5. The summed E-state index contributed by atoms with van der Waals surface area (Å²) in [6, 6.07) is 1.92. The largest absolute Gasteiger partial charge is 0.339 e. The Kier molecular flexibility index (Phi) is 4.40. The highest BCUT2D eigenvalue weighted by molar-refractivity contribution is 6.06. The van der Waals surface area contributed by atoms with E-state index < -0.39 is 0 Å². The fraction of sp³-hybridized carbons (Fsp3) is 0.600. The Morgan fingerprint density at radius 3 is 2.33 bits per heavy atom. The first-order valence-corrected chi connectivity index (χ1v) is 9.79. The van der Waals surface area contributed by atoms with Crippen LogP contribution >= 0.6 is 0 Å². The van der Waals surface area contributed by atoms with Crippen LogP contribution in [0.1, 0.15) is 54.4 Å². The second-order valence-corrected chi connectivity index (χ2v) is 8.05. The van der Waals surface area contributed by atoms with Gasteiger partial charge >= 0.3 is 0 Å². The van der Waals surface area contributed by atoms with Crippen LogP contribution < -0.4 is 0 Å². The van der Waals surface area contributed by atoms with E-state index in [-0.39, 0.29) is 23.7 Å². The van der Waals surface area contributed by atoms with E-state index in [4.69, 9.17) is 4.98 Å². The average molecular weight is 369 g/mol. The topological polar surface area (TPSA) is 71.3 Å². The van der Waals surface area contributed by atoms with Crippen LogP contribution in [-0.2, 0) is 11.8 Å². The zero-order valence-electron chi connectivity index (χ0n) is 16.5. The summed E-state index contributed by atoms with van der Waals surface area (Å²) in [5, 5.41) is 5.31. The first-order valence-electron chi connectivity index (χ1n) is 9.79. The van der Waals surface area contributed by atoms with Crippen molar-refractivity contribution in [2.75, 3.05) is 26.2 Å². The van der Waals surface area contributed by atoms with E-state index in [1.54, 1.807) is 4.68 Å². The number of amides is 2. The molecule has 1 aliphatic carbocycles. The molecule has 0 bridgehead atoms. The number of rotatable bonds is 3. The van der Waals surface area contributed by atoms with Crippen LogP contribution in [0.2, 0.25) is 0 Å². The van der Waals surface area contributed by atoms with Gasteiger partial charge in [0, 0.05) is 44.8 Å². The van der Waals surface area contributed by atoms with Crippen LogP contribution in [0, 0.1) is 12.8 Å². The summed E-state index contributed by atoms with van der Waals surface area (Å²) in [5.41, 5.74) is 3.15. The molecule has 2 amide bonds. The average Bonchev–Trinajstić information content (AvgIpc) is 3.46. The number of hydrogen-bond acceptors (Lipinski definition) is 4. The lowest BCUT2D eigenvalue weighted by atomic mass is 10.0. The van der Waals surface area contributed by atoms with E-state index >= 15 is 0 Å². The Labute approximate surface area is 159 Å². The van der Waals surface area contributed by atoms with E-state index in [9.17, 15) is 9.59 Å². The maximum Gasteiger partial charge on any atom is 0.254 e. The predicted molar refractivity (Wildman–Crippen MR) is 103 cm³/mol. The van der Waals surface area contributed by atoms with E-state index in [0.29, 0.717) is 31.7 Å². The number of aromatic nitrogens is 3. The molecule has 0 aromatic carbocycles. The molecule has 144 valence electrons. The third-order valence-electron chi connectivity index (χ3n) is 5.62. The molecular formula is C20H27N5O2. The van der Waals surface area contributed by atoms with Crippen molar-refractivity contribution in [3.63, 3.8) is 0 Å². The third-order valence-corrected chi connectivity index (χ3v) is 5.62. The van der Waals surface area contributed by atoms with E-state index in [1.165, 1.54) is 0 Å². The monoisotopic (exact) mass is 369 g/mol. The van der Waals surface area contributed by atoms with Gasteiger partial charge in [0.15, 0.2) is 5.65 Å². The van der Waals surface area contributed by atoms with Gasteiger partial charge in [-0.15, -0.1) is 0 Å². The van der Waals surface area contributed by atoms with Crippen LogP contribution in [0.15, 0.2) is 6.07 Å². The third kappa shape index (κ3) is 3.19. The number of fused-ring (bicyclic) bond motifs is 1. The highest BCUT2D eigenvalue weighted by Crippen LogP contribution is 2.31. The molecular weight excluding hydrogens is 342 g/mol. The molecule has 7 heteroatoms. The highest BCUT2D eigenvalue weighted by atomic mass is 16.2. The van der Waals surface area contributed by atoms with Crippen molar-refractivity contribution in [2.45, 2.75) is 39.5 Å². The molecule has 7 nitrogen and oxygen atoms in total. The number of piperazine rings is 1. The van der Waals surface area contributed by atoms with Crippen LogP contribution in [0.5, 0.6) is 0 Å². The van der Waals surface area contributed by atoms with Gasteiger partial charge in [0.2, 0.25) is 5.91 Å². The number of hydrogen-bond donors (Lipinski definition) is 0. The molecule has 0 atom stereocenters. The van der Waals surface area contributed by atoms with Gasteiger partial charge in [0.25, 0.3) is 5.91 Å². The number of carbonyl (C=O) groups excluding carboxylic acids is 2. The molecule has 2 fully saturated rings. The van der Waals surface area contributed by atoms with Gasteiger partial charge in [-0.2, -0.15) is 5.10 Å². The standard InChI is InChI=1S/C20H27N5O2/c1-12(2)16-11-15(17-13(3)22-23(4)18(17)21-16)20(27)25-9-7-24(8-10-25)19(26)14-5-6-14/h11-12,14H,5-10H2,1-4H3. The van der Waals surface area contributed by atoms with Gasteiger partial charge in [-0.25, -0.2) is 4.98 Å². The van der Waals surface area contributed by atoms with Crippen molar-refractivity contribution >= 4 is 22.8 Å². The van der Waals surface area contributed by atoms with Crippen LogP contribution in [0.4, 0.5) is 0 Å². The highest BCUT2D eigenvalue weighted by Gasteiger charge is 2.35. The minimum Gasteiger partial charge on any atom is -0.339 e. The first kappa shape index (κ1) is 17.9. The van der Waals surface area contributed by atoms with Gasteiger partial charge in [0.1, 0.15) is 0 Å². The molecule has 2 aliphatic rings. The molecule has 0 spiro atoms. The molecule has 0 radical (unpaired) electrons. The van der Waals surface area contributed by atoms with Crippen molar-refractivity contribution < 1.29 is 9.59 Å². The zero-order chi connectivity index (χ0) is 19.3. The lowest BCUT2D eigenvalue weighted by molar-refractivity contribution is -0.134. The zero-order valence-corrected chi connectivity index (χ0v) is 16.5. The van der Waals surface area contributed by atoms with Gasteiger partial charge in [-0.1, -0.05) is 13.8 Å². The second-order valence-electron chi connectivity index (χ2n) is 8.05. The van der Waals surface area contributed by atoms with E-state index in [2.05, 4.69) is 18.9 Å². The summed E-state index contributed by atoms with van der Waals surface area (Å²) in [7, 11) is 1.86. The minimum absolute atomic E-state index is 0.0129. The Morgan fingerprint density at radius 1 is 1.11 bits per heavy atom. The summed E-state index contributed by atoms with van der Waals surface area (Å²) in [4.78, 5) is 34.1. The van der Waals surface area contributed by atoms with Crippen LogP contribution in [-0.4, -0.2) is 62.6 Å². The summed E-state index contributed by atoms with van der Waals surface area (Å²) in [6.45, 7) is 8.48. The maximum atomic E-state index is 13.3. The van der Waals surface area contributed by atoms with Gasteiger partial charge in [0.05, 0.1) is 16.6 Å². The lowest BCUT2D eigenvalue weighted by Crippen LogP contribution is -2.51. The molecule has 3 heterocycles. The Balaban J connectivity index is 1.61. The van der Waals surface area contributed by atoms with Crippen molar-refractivity contribution in [3.8, 4) is 0 Å². The smallest absolute Gasteiger partial charge is 0.254 e. The van der Waals surface area contributed by atoms with Gasteiger partial charge in [-0.3, -0.25) is 14.3 Å².